The fourth-order valence-electron chi connectivity index (χ4n) is 1.81. The highest BCUT2D eigenvalue weighted by Crippen LogP contribution is 2.18. The molecule has 0 radical (unpaired) electrons. The summed E-state index contributed by atoms with van der Waals surface area (Å²) in [6.45, 7) is 1.96. The van der Waals surface area contributed by atoms with Gasteiger partial charge < -0.3 is 5.32 Å². The van der Waals surface area contributed by atoms with E-state index in [-0.39, 0.29) is 5.91 Å². The van der Waals surface area contributed by atoms with Crippen LogP contribution in [0.5, 0.6) is 0 Å². The lowest BCUT2D eigenvalue weighted by Gasteiger charge is -2.06. The van der Waals surface area contributed by atoms with Crippen LogP contribution in [0.3, 0.4) is 0 Å². The number of rotatable bonds is 4. The van der Waals surface area contributed by atoms with Gasteiger partial charge in [0.25, 0.3) is 0 Å². The van der Waals surface area contributed by atoms with Gasteiger partial charge in [-0.3, -0.25) is 4.79 Å². The van der Waals surface area contributed by atoms with E-state index in [4.69, 9.17) is 11.6 Å². The van der Waals surface area contributed by atoms with E-state index in [1.807, 2.05) is 49.4 Å². The van der Waals surface area contributed by atoms with E-state index in [2.05, 4.69) is 21.2 Å². The Labute approximate surface area is 132 Å². The van der Waals surface area contributed by atoms with Gasteiger partial charge in [-0.05, 0) is 54.8 Å². The number of halogens is 2. The summed E-state index contributed by atoms with van der Waals surface area (Å²) in [6.07, 6.45) is 1.12. The number of hydrogen-bond donors (Lipinski definition) is 1. The lowest BCUT2D eigenvalue weighted by Crippen LogP contribution is -2.12. The molecule has 2 nitrogen and oxygen atoms in total. The molecule has 2 aromatic carbocycles. The highest BCUT2D eigenvalue weighted by Gasteiger charge is 2.04. The van der Waals surface area contributed by atoms with E-state index < -0.39 is 0 Å². The molecule has 2 aromatic rings. The van der Waals surface area contributed by atoms with Crippen molar-refractivity contribution in [2.45, 2.75) is 19.8 Å². The molecule has 0 spiro atoms. The van der Waals surface area contributed by atoms with Gasteiger partial charge in [-0.2, -0.15) is 0 Å². The van der Waals surface area contributed by atoms with Crippen LogP contribution >= 0.6 is 27.5 Å². The zero-order chi connectivity index (χ0) is 14.5. The Hall–Kier alpha value is -1.32. The summed E-state index contributed by atoms with van der Waals surface area (Å²) >= 11 is 9.43. The first kappa shape index (κ1) is 15.1. The average molecular weight is 353 g/mol. The highest BCUT2D eigenvalue weighted by molar-refractivity contribution is 9.10. The second kappa shape index (κ2) is 6.91. The van der Waals surface area contributed by atoms with E-state index in [9.17, 15) is 4.79 Å². The molecule has 1 amide bonds. The minimum atomic E-state index is 0.00372. The first-order valence-electron chi connectivity index (χ1n) is 6.35. The van der Waals surface area contributed by atoms with E-state index in [1.54, 1.807) is 0 Å². The summed E-state index contributed by atoms with van der Waals surface area (Å²) in [5, 5.41) is 3.62. The maximum Gasteiger partial charge on any atom is 0.224 e. The molecule has 1 N–H and O–H groups in total. The molecule has 0 aliphatic heterocycles. The van der Waals surface area contributed by atoms with Gasteiger partial charge in [0, 0.05) is 21.6 Å². The van der Waals surface area contributed by atoms with Crippen molar-refractivity contribution in [1.82, 2.24) is 0 Å². The van der Waals surface area contributed by atoms with Crippen molar-refractivity contribution < 1.29 is 4.79 Å². The molecule has 0 aromatic heterocycles. The summed E-state index contributed by atoms with van der Waals surface area (Å²) in [5.74, 6) is 0.00372. The SMILES string of the molecule is Cc1ccc(CCC(=O)Nc2ccc(Br)cc2)cc1Cl. The van der Waals surface area contributed by atoms with E-state index in [0.29, 0.717) is 12.8 Å². The molecule has 0 aliphatic carbocycles. The summed E-state index contributed by atoms with van der Waals surface area (Å²) in [4.78, 5) is 11.9. The minimum absolute atomic E-state index is 0.00372. The second-order valence-electron chi connectivity index (χ2n) is 4.64. The van der Waals surface area contributed by atoms with Gasteiger partial charge in [0.05, 0.1) is 0 Å². The molecule has 0 bridgehead atoms. The number of anilines is 1. The zero-order valence-corrected chi connectivity index (χ0v) is 13.5. The molecule has 0 atom stereocenters. The van der Waals surface area contributed by atoms with Gasteiger partial charge in [0.2, 0.25) is 5.91 Å². The molecule has 0 saturated heterocycles. The Kier molecular flexibility index (Phi) is 5.21. The van der Waals surface area contributed by atoms with Crippen LogP contribution < -0.4 is 5.32 Å². The number of nitrogens with one attached hydrogen (secondary N) is 1. The predicted molar refractivity (Wildman–Crippen MR) is 87.3 cm³/mol. The summed E-state index contributed by atoms with van der Waals surface area (Å²) in [6, 6.07) is 13.4. The van der Waals surface area contributed by atoms with Crippen LogP contribution in [0.25, 0.3) is 0 Å². The molecule has 104 valence electrons. The van der Waals surface area contributed by atoms with Crippen LogP contribution in [0.1, 0.15) is 17.5 Å². The highest BCUT2D eigenvalue weighted by atomic mass is 79.9. The summed E-state index contributed by atoms with van der Waals surface area (Å²) in [5.41, 5.74) is 2.93. The Bertz CT molecular complexity index is 610. The number of benzene rings is 2. The third kappa shape index (κ3) is 4.36. The molecule has 4 heteroatoms. The first-order valence-corrected chi connectivity index (χ1v) is 7.52. The van der Waals surface area contributed by atoms with Crippen molar-refractivity contribution >= 4 is 39.1 Å². The maximum atomic E-state index is 11.9. The third-order valence-electron chi connectivity index (χ3n) is 3.00. The van der Waals surface area contributed by atoms with Gasteiger partial charge >= 0.3 is 0 Å². The third-order valence-corrected chi connectivity index (χ3v) is 3.94. The van der Waals surface area contributed by atoms with Crippen LogP contribution in [-0.2, 0) is 11.2 Å². The quantitative estimate of drug-likeness (QED) is 0.826. The van der Waals surface area contributed by atoms with Crippen molar-refractivity contribution in [3.8, 4) is 0 Å². The molecule has 0 aliphatic rings. The topological polar surface area (TPSA) is 29.1 Å². The van der Waals surface area contributed by atoms with E-state index in [0.717, 1.165) is 26.3 Å². The number of aryl methyl sites for hydroxylation is 2. The molecule has 0 unspecified atom stereocenters. The van der Waals surface area contributed by atoms with Crippen molar-refractivity contribution in [3.05, 3.63) is 63.1 Å². The van der Waals surface area contributed by atoms with Crippen LogP contribution in [0.2, 0.25) is 5.02 Å². The predicted octanol–water partition coefficient (Wildman–Crippen LogP) is 4.98. The van der Waals surface area contributed by atoms with E-state index >= 15 is 0 Å². The fourth-order valence-corrected chi connectivity index (χ4v) is 2.27. The Morgan fingerprint density at radius 2 is 1.90 bits per heavy atom. The Balaban J connectivity index is 1.88. The van der Waals surface area contributed by atoms with Crippen LogP contribution in [0.15, 0.2) is 46.9 Å². The van der Waals surface area contributed by atoms with Gasteiger partial charge in [-0.25, -0.2) is 0 Å². The summed E-state index contributed by atoms with van der Waals surface area (Å²) in [7, 11) is 0. The second-order valence-corrected chi connectivity index (χ2v) is 5.96. The normalized spacial score (nSPS) is 10.3. The molecule has 0 fully saturated rings. The first-order chi connectivity index (χ1) is 9.54. The number of carbonyl (C=O) groups is 1. The van der Waals surface area contributed by atoms with Gasteiger partial charge in [0.15, 0.2) is 0 Å². The van der Waals surface area contributed by atoms with Gasteiger partial charge in [-0.15, -0.1) is 0 Å². The molecular formula is C16H15BrClNO. The van der Waals surface area contributed by atoms with Crippen LogP contribution in [-0.4, -0.2) is 5.91 Å². The Morgan fingerprint density at radius 1 is 1.20 bits per heavy atom. The zero-order valence-electron chi connectivity index (χ0n) is 11.1. The molecule has 2 rings (SSSR count). The average Bonchev–Trinajstić information content (AvgIpc) is 2.43. The standard InChI is InChI=1S/C16H15BrClNO/c1-11-2-3-12(10-15(11)18)4-9-16(20)19-14-7-5-13(17)6-8-14/h2-3,5-8,10H,4,9H2,1H3,(H,19,20). The van der Waals surface area contributed by atoms with Gasteiger partial charge in [0.1, 0.15) is 0 Å². The summed E-state index contributed by atoms with van der Waals surface area (Å²) < 4.78 is 0.991. The largest absolute Gasteiger partial charge is 0.326 e. The molecule has 20 heavy (non-hydrogen) atoms. The monoisotopic (exact) mass is 351 g/mol. The van der Waals surface area contributed by atoms with Crippen molar-refractivity contribution in [1.29, 1.82) is 0 Å². The van der Waals surface area contributed by atoms with Gasteiger partial charge in [-0.1, -0.05) is 39.7 Å². The number of carbonyl (C=O) groups excluding carboxylic acids is 1. The molecular weight excluding hydrogens is 338 g/mol. The van der Waals surface area contributed by atoms with E-state index in [1.165, 1.54) is 0 Å². The Morgan fingerprint density at radius 3 is 2.55 bits per heavy atom. The lowest BCUT2D eigenvalue weighted by molar-refractivity contribution is -0.116. The lowest BCUT2D eigenvalue weighted by atomic mass is 10.1. The van der Waals surface area contributed by atoms with Crippen molar-refractivity contribution in [3.63, 3.8) is 0 Å². The van der Waals surface area contributed by atoms with Crippen molar-refractivity contribution in [2.75, 3.05) is 5.32 Å². The number of amides is 1. The fraction of sp³-hybridized carbons (Fsp3) is 0.188. The van der Waals surface area contributed by atoms with Crippen LogP contribution in [0.4, 0.5) is 5.69 Å². The maximum absolute atomic E-state index is 11.9. The minimum Gasteiger partial charge on any atom is -0.326 e. The molecule has 0 saturated carbocycles. The smallest absolute Gasteiger partial charge is 0.224 e. The van der Waals surface area contributed by atoms with Crippen LogP contribution in [0, 0.1) is 6.92 Å². The molecule has 0 heterocycles. The number of hydrogen-bond acceptors (Lipinski definition) is 1. The van der Waals surface area contributed by atoms with Crippen molar-refractivity contribution in [2.24, 2.45) is 0 Å².